The topological polar surface area (TPSA) is 12.0 Å². The first-order valence-corrected chi connectivity index (χ1v) is 8.06. The zero-order valence-corrected chi connectivity index (χ0v) is 12.8. The molecule has 2 saturated carbocycles. The number of nitrogens with one attached hydrogen (secondary N) is 1. The predicted octanol–water partition coefficient (Wildman–Crippen LogP) is 4.91. The van der Waals surface area contributed by atoms with Crippen molar-refractivity contribution in [2.75, 3.05) is 0 Å². The fraction of sp³-hybridized carbons (Fsp3) is 0.625. The van der Waals surface area contributed by atoms with Crippen LogP contribution in [0.1, 0.15) is 38.2 Å². The van der Waals surface area contributed by atoms with Crippen LogP contribution in [0, 0.1) is 17.8 Å². The lowest BCUT2D eigenvalue weighted by Gasteiger charge is -2.28. The van der Waals surface area contributed by atoms with Gasteiger partial charge in [-0.2, -0.15) is 0 Å². The summed E-state index contributed by atoms with van der Waals surface area (Å²) in [7, 11) is 0. The van der Waals surface area contributed by atoms with Crippen LogP contribution in [0.4, 0.5) is 0 Å². The fourth-order valence-electron chi connectivity index (χ4n) is 3.99. The van der Waals surface area contributed by atoms with Crippen LogP contribution >= 0.6 is 23.2 Å². The van der Waals surface area contributed by atoms with Crippen LogP contribution in [0.5, 0.6) is 0 Å². The Labute approximate surface area is 125 Å². The lowest BCUT2D eigenvalue weighted by Crippen LogP contribution is -2.35. The second kappa shape index (κ2) is 5.63. The molecule has 0 aliphatic heterocycles. The third kappa shape index (κ3) is 2.94. The molecule has 0 aromatic heterocycles. The molecule has 1 aromatic carbocycles. The molecule has 4 atom stereocenters. The van der Waals surface area contributed by atoms with Gasteiger partial charge in [0.05, 0.1) is 10.0 Å². The Bertz CT molecular complexity index is 460. The minimum atomic E-state index is 0.602. The Hall–Kier alpha value is -0.240. The molecule has 3 heteroatoms. The van der Waals surface area contributed by atoms with Gasteiger partial charge >= 0.3 is 0 Å². The van der Waals surface area contributed by atoms with Crippen molar-refractivity contribution < 1.29 is 0 Å². The monoisotopic (exact) mass is 297 g/mol. The molecule has 104 valence electrons. The molecule has 0 heterocycles. The molecule has 0 spiro atoms. The van der Waals surface area contributed by atoms with Crippen molar-refractivity contribution in [1.82, 2.24) is 5.32 Å². The Morgan fingerprint density at radius 3 is 2.68 bits per heavy atom. The summed E-state index contributed by atoms with van der Waals surface area (Å²) in [4.78, 5) is 0. The summed E-state index contributed by atoms with van der Waals surface area (Å²) in [5.74, 6) is 2.87. The normalized spacial score (nSPS) is 30.8. The maximum atomic E-state index is 6.05. The second-order valence-electron chi connectivity index (χ2n) is 6.26. The van der Waals surface area contributed by atoms with E-state index in [0.29, 0.717) is 16.1 Å². The van der Waals surface area contributed by atoms with Gasteiger partial charge < -0.3 is 5.32 Å². The number of halogens is 2. The third-order valence-electron chi connectivity index (χ3n) is 5.05. The Balaban J connectivity index is 1.55. The molecule has 0 amide bonds. The molecular weight excluding hydrogens is 277 g/mol. The molecule has 0 saturated heterocycles. The summed E-state index contributed by atoms with van der Waals surface area (Å²) in [5.41, 5.74) is 1.21. The maximum absolute atomic E-state index is 6.05. The molecule has 1 N–H and O–H groups in total. The standard InChI is InChI=1S/C16H21Cl2N/c1-10(14-7-11-2-4-13(14)6-11)19-9-12-3-5-15(17)16(18)8-12/h3,5,8,10-11,13-14,19H,2,4,6-7,9H2,1H3. The minimum Gasteiger partial charge on any atom is -0.310 e. The SMILES string of the molecule is CC(NCc1ccc(Cl)c(Cl)c1)C1CC2CCC1C2. The van der Waals surface area contributed by atoms with Crippen molar-refractivity contribution in [2.24, 2.45) is 17.8 Å². The van der Waals surface area contributed by atoms with E-state index < -0.39 is 0 Å². The lowest BCUT2D eigenvalue weighted by molar-refractivity contribution is 0.259. The van der Waals surface area contributed by atoms with Gasteiger partial charge in [0.25, 0.3) is 0 Å². The Morgan fingerprint density at radius 1 is 1.21 bits per heavy atom. The van der Waals surface area contributed by atoms with E-state index in [1.807, 2.05) is 12.1 Å². The van der Waals surface area contributed by atoms with Crippen LogP contribution in [0.15, 0.2) is 18.2 Å². The summed E-state index contributed by atoms with van der Waals surface area (Å²) in [5, 5.41) is 4.95. The highest BCUT2D eigenvalue weighted by Crippen LogP contribution is 2.49. The van der Waals surface area contributed by atoms with E-state index in [1.54, 1.807) is 0 Å². The third-order valence-corrected chi connectivity index (χ3v) is 5.79. The summed E-state index contributed by atoms with van der Waals surface area (Å²) in [6, 6.07) is 6.49. The van der Waals surface area contributed by atoms with Crippen molar-refractivity contribution >= 4 is 23.2 Å². The van der Waals surface area contributed by atoms with Crippen molar-refractivity contribution in [1.29, 1.82) is 0 Å². The predicted molar refractivity (Wildman–Crippen MR) is 81.7 cm³/mol. The van der Waals surface area contributed by atoms with Crippen molar-refractivity contribution in [3.63, 3.8) is 0 Å². The summed E-state index contributed by atoms with van der Waals surface area (Å²) in [6.45, 7) is 3.22. The van der Waals surface area contributed by atoms with Crippen molar-refractivity contribution in [3.8, 4) is 0 Å². The van der Waals surface area contributed by atoms with E-state index in [2.05, 4.69) is 18.3 Å². The molecular formula is C16H21Cl2N. The van der Waals surface area contributed by atoms with E-state index in [1.165, 1.54) is 31.2 Å². The molecule has 2 aliphatic rings. The van der Waals surface area contributed by atoms with Crippen LogP contribution in [0.3, 0.4) is 0 Å². The quantitative estimate of drug-likeness (QED) is 0.833. The molecule has 1 aromatic rings. The molecule has 1 nitrogen and oxygen atoms in total. The highest BCUT2D eigenvalue weighted by Gasteiger charge is 2.41. The van der Waals surface area contributed by atoms with Gasteiger partial charge in [-0.15, -0.1) is 0 Å². The maximum Gasteiger partial charge on any atom is 0.0595 e. The van der Waals surface area contributed by atoms with E-state index in [-0.39, 0.29) is 0 Å². The average Bonchev–Trinajstić information content (AvgIpc) is 3.02. The zero-order valence-electron chi connectivity index (χ0n) is 11.3. The van der Waals surface area contributed by atoms with Crippen LogP contribution in [0.2, 0.25) is 10.0 Å². The minimum absolute atomic E-state index is 0.602. The van der Waals surface area contributed by atoms with Gasteiger partial charge in [0, 0.05) is 12.6 Å². The number of rotatable bonds is 4. The van der Waals surface area contributed by atoms with Crippen molar-refractivity contribution in [3.05, 3.63) is 33.8 Å². The highest BCUT2D eigenvalue weighted by molar-refractivity contribution is 6.42. The summed E-state index contributed by atoms with van der Waals surface area (Å²) < 4.78 is 0. The molecule has 2 bridgehead atoms. The van der Waals surface area contributed by atoms with E-state index in [0.717, 1.165) is 24.3 Å². The lowest BCUT2D eigenvalue weighted by atomic mass is 9.84. The van der Waals surface area contributed by atoms with Gasteiger partial charge in [0.1, 0.15) is 0 Å². The number of hydrogen-bond donors (Lipinski definition) is 1. The van der Waals surface area contributed by atoms with Crippen LogP contribution in [0.25, 0.3) is 0 Å². The first kappa shape index (κ1) is 13.7. The molecule has 4 unspecified atom stereocenters. The van der Waals surface area contributed by atoms with Gasteiger partial charge in [-0.3, -0.25) is 0 Å². The molecule has 2 fully saturated rings. The Kier molecular flexibility index (Phi) is 4.07. The zero-order chi connectivity index (χ0) is 13.4. The van der Waals surface area contributed by atoms with Gasteiger partial charge in [0.2, 0.25) is 0 Å². The van der Waals surface area contributed by atoms with Gasteiger partial charge in [-0.25, -0.2) is 0 Å². The number of benzene rings is 1. The molecule has 3 rings (SSSR count). The summed E-state index contributed by atoms with van der Waals surface area (Å²) >= 11 is 12.0. The van der Waals surface area contributed by atoms with Crippen LogP contribution < -0.4 is 5.32 Å². The largest absolute Gasteiger partial charge is 0.310 e. The van der Waals surface area contributed by atoms with E-state index in [9.17, 15) is 0 Å². The molecule has 19 heavy (non-hydrogen) atoms. The van der Waals surface area contributed by atoms with E-state index in [4.69, 9.17) is 23.2 Å². The average molecular weight is 298 g/mol. The Morgan fingerprint density at radius 2 is 2.05 bits per heavy atom. The molecule has 0 radical (unpaired) electrons. The number of fused-ring (bicyclic) bond motifs is 2. The van der Waals surface area contributed by atoms with E-state index >= 15 is 0 Å². The van der Waals surface area contributed by atoms with Crippen LogP contribution in [-0.2, 0) is 6.54 Å². The number of hydrogen-bond acceptors (Lipinski definition) is 1. The van der Waals surface area contributed by atoms with Crippen molar-refractivity contribution in [2.45, 2.75) is 45.2 Å². The summed E-state index contributed by atoms with van der Waals surface area (Å²) in [6.07, 6.45) is 5.83. The first-order valence-electron chi connectivity index (χ1n) is 7.31. The smallest absolute Gasteiger partial charge is 0.0595 e. The van der Waals surface area contributed by atoms with Crippen LogP contribution in [-0.4, -0.2) is 6.04 Å². The second-order valence-corrected chi connectivity index (χ2v) is 7.07. The van der Waals surface area contributed by atoms with Gasteiger partial charge in [0.15, 0.2) is 0 Å². The highest BCUT2D eigenvalue weighted by atomic mass is 35.5. The fourth-order valence-corrected chi connectivity index (χ4v) is 4.31. The first-order chi connectivity index (χ1) is 9.13. The molecule has 2 aliphatic carbocycles. The van der Waals surface area contributed by atoms with Gasteiger partial charge in [-0.05, 0) is 61.6 Å². The van der Waals surface area contributed by atoms with Gasteiger partial charge in [-0.1, -0.05) is 35.7 Å².